The second-order valence-electron chi connectivity index (χ2n) is 6.86. The summed E-state index contributed by atoms with van der Waals surface area (Å²) in [5, 5.41) is 0. The van der Waals surface area contributed by atoms with Crippen molar-refractivity contribution in [2.45, 2.75) is 26.4 Å². The summed E-state index contributed by atoms with van der Waals surface area (Å²) < 4.78 is 31.5. The van der Waals surface area contributed by atoms with Gasteiger partial charge >= 0.3 is 0 Å². The van der Waals surface area contributed by atoms with Crippen molar-refractivity contribution in [3.63, 3.8) is 0 Å². The molecule has 0 fully saturated rings. The lowest BCUT2D eigenvalue weighted by atomic mass is 10.2. The number of rotatable bonds is 6. The number of amides is 1. The van der Waals surface area contributed by atoms with E-state index in [0.29, 0.717) is 18.0 Å². The number of fused-ring (bicyclic) bond motifs is 1. The molecular weight excluding hydrogens is 364 g/mol. The van der Waals surface area contributed by atoms with Crippen LogP contribution in [0.1, 0.15) is 19.4 Å². The Morgan fingerprint density at radius 3 is 2.63 bits per heavy atom. The second kappa shape index (κ2) is 7.60. The summed E-state index contributed by atoms with van der Waals surface area (Å²) in [6, 6.07) is 14.5. The van der Waals surface area contributed by atoms with Gasteiger partial charge in [-0.15, -0.1) is 0 Å². The Balaban J connectivity index is 1.86. The molecule has 0 aliphatic carbocycles. The number of hydrogen-bond acceptors (Lipinski definition) is 4. The van der Waals surface area contributed by atoms with Gasteiger partial charge in [0.2, 0.25) is 15.9 Å². The average Bonchev–Trinajstić information content (AvgIpc) is 3.02. The zero-order valence-corrected chi connectivity index (χ0v) is 16.6. The number of nitrogens with zero attached hydrogens (tertiary/aromatic N) is 2. The van der Waals surface area contributed by atoms with Crippen LogP contribution in [0.4, 0.5) is 11.4 Å². The molecule has 1 aliphatic rings. The lowest BCUT2D eigenvalue weighted by Crippen LogP contribution is -2.42. The third-order valence-corrected chi connectivity index (χ3v) is 5.49. The maximum absolute atomic E-state index is 12.9. The van der Waals surface area contributed by atoms with Crippen LogP contribution < -0.4 is 13.9 Å². The first-order chi connectivity index (χ1) is 12.8. The van der Waals surface area contributed by atoms with E-state index in [9.17, 15) is 13.2 Å². The highest BCUT2D eigenvalue weighted by Gasteiger charge is 2.28. The molecule has 0 saturated heterocycles. The summed E-state index contributed by atoms with van der Waals surface area (Å²) in [5.41, 5.74) is 2.37. The van der Waals surface area contributed by atoms with Gasteiger partial charge in [-0.1, -0.05) is 24.3 Å². The molecule has 1 amide bonds. The Hall–Kier alpha value is -2.54. The molecule has 0 spiro atoms. The van der Waals surface area contributed by atoms with E-state index in [4.69, 9.17) is 4.74 Å². The third-order valence-electron chi connectivity index (χ3n) is 4.34. The van der Waals surface area contributed by atoms with Crippen LogP contribution in [0.3, 0.4) is 0 Å². The number of anilines is 2. The molecule has 0 N–H and O–H groups in total. The molecule has 7 heteroatoms. The molecule has 3 rings (SSSR count). The van der Waals surface area contributed by atoms with Crippen LogP contribution in [0, 0.1) is 0 Å². The fourth-order valence-electron chi connectivity index (χ4n) is 3.19. The first-order valence-electron chi connectivity index (χ1n) is 8.88. The largest absolute Gasteiger partial charge is 0.491 e. The standard InChI is InChI=1S/C20H24N2O4S/c1-15(2)26-18-9-6-8-17(13-18)22(27(3,24)25)14-20(23)21-12-11-16-7-4-5-10-19(16)21/h4-10,13,15H,11-12,14H2,1-3H3. The maximum atomic E-state index is 12.9. The minimum Gasteiger partial charge on any atom is -0.491 e. The van der Waals surface area contributed by atoms with Gasteiger partial charge in [0.15, 0.2) is 0 Å². The van der Waals surface area contributed by atoms with Crippen molar-refractivity contribution in [1.29, 1.82) is 0 Å². The second-order valence-corrected chi connectivity index (χ2v) is 8.76. The highest BCUT2D eigenvalue weighted by molar-refractivity contribution is 7.92. The van der Waals surface area contributed by atoms with Crippen molar-refractivity contribution in [3.8, 4) is 5.75 Å². The van der Waals surface area contributed by atoms with E-state index in [0.717, 1.165) is 28.2 Å². The zero-order valence-electron chi connectivity index (χ0n) is 15.8. The van der Waals surface area contributed by atoms with Gasteiger partial charge < -0.3 is 9.64 Å². The molecule has 1 aliphatic heterocycles. The Labute approximate surface area is 160 Å². The fourth-order valence-corrected chi connectivity index (χ4v) is 4.03. The van der Waals surface area contributed by atoms with Crippen LogP contribution >= 0.6 is 0 Å². The van der Waals surface area contributed by atoms with Crippen molar-refractivity contribution < 1.29 is 17.9 Å². The lowest BCUT2D eigenvalue weighted by Gasteiger charge is -2.26. The number of benzene rings is 2. The van der Waals surface area contributed by atoms with Gasteiger partial charge in [-0.2, -0.15) is 0 Å². The molecular formula is C20H24N2O4S. The molecule has 0 atom stereocenters. The number of carbonyl (C=O) groups excluding carboxylic acids is 1. The topological polar surface area (TPSA) is 66.9 Å². The Bertz CT molecular complexity index is 941. The molecule has 0 unspecified atom stereocenters. The predicted octanol–water partition coefficient (Wildman–Crippen LogP) is 2.83. The summed E-state index contributed by atoms with van der Waals surface area (Å²) in [4.78, 5) is 14.5. The summed E-state index contributed by atoms with van der Waals surface area (Å²) in [7, 11) is -3.63. The van der Waals surface area contributed by atoms with E-state index >= 15 is 0 Å². The first kappa shape index (κ1) is 19.2. The van der Waals surface area contributed by atoms with E-state index in [1.54, 1.807) is 29.2 Å². The van der Waals surface area contributed by atoms with E-state index in [1.807, 2.05) is 38.1 Å². The average molecular weight is 388 g/mol. The minimum atomic E-state index is -3.63. The van der Waals surface area contributed by atoms with Crippen LogP contribution in [-0.4, -0.2) is 39.8 Å². The molecule has 0 saturated carbocycles. The quantitative estimate of drug-likeness (QED) is 0.763. The number of sulfonamides is 1. The molecule has 6 nitrogen and oxygen atoms in total. The number of carbonyl (C=O) groups is 1. The van der Waals surface area contributed by atoms with E-state index in [2.05, 4.69) is 0 Å². The van der Waals surface area contributed by atoms with Gasteiger partial charge in [-0.25, -0.2) is 8.42 Å². The molecule has 0 bridgehead atoms. The fraction of sp³-hybridized carbons (Fsp3) is 0.350. The maximum Gasteiger partial charge on any atom is 0.247 e. The summed E-state index contributed by atoms with van der Waals surface area (Å²) in [6.45, 7) is 4.11. The summed E-state index contributed by atoms with van der Waals surface area (Å²) >= 11 is 0. The van der Waals surface area contributed by atoms with Crippen molar-refractivity contribution in [2.24, 2.45) is 0 Å². The Kier molecular flexibility index (Phi) is 5.41. The highest BCUT2D eigenvalue weighted by atomic mass is 32.2. The summed E-state index contributed by atoms with van der Waals surface area (Å²) in [5.74, 6) is 0.315. The van der Waals surface area contributed by atoms with Crippen LogP contribution in [0.5, 0.6) is 5.75 Å². The van der Waals surface area contributed by atoms with Crippen molar-refractivity contribution in [3.05, 3.63) is 54.1 Å². The Morgan fingerprint density at radius 2 is 1.93 bits per heavy atom. The molecule has 1 heterocycles. The van der Waals surface area contributed by atoms with Gasteiger partial charge in [0, 0.05) is 18.3 Å². The zero-order chi connectivity index (χ0) is 19.6. The number of ether oxygens (including phenoxy) is 1. The summed E-state index contributed by atoms with van der Waals surface area (Å²) in [6.07, 6.45) is 1.85. The third kappa shape index (κ3) is 4.42. The van der Waals surface area contributed by atoms with Gasteiger partial charge in [0.25, 0.3) is 0 Å². The molecule has 27 heavy (non-hydrogen) atoms. The van der Waals surface area contributed by atoms with Crippen LogP contribution in [-0.2, 0) is 21.2 Å². The van der Waals surface area contributed by atoms with Crippen molar-refractivity contribution in [2.75, 3.05) is 28.6 Å². The van der Waals surface area contributed by atoms with Crippen LogP contribution in [0.2, 0.25) is 0 Å². The SMILES string of the molecule is CC(C)Oc1cccc(N(CC(=O)N2CCc3ccccc32)S(C)(=O)=O)c1. The normalized spacial score (nSPS) is 13.6. The first-order valence-corrected chi connectivity index (χ1v) is 10.7. The minimum absolute atomic E-state index is 0.0327. The van der Waals surface area contributed by atoms with Crippen LogP contribution in [0.25, 0.3) is 0 Å². The van der Waals surface area contributed by atoms with Gasteiger partial charge in [0.05, 0.1) is 18.0 Å². The van der Waals surface area contributed by atoms with E-state index in [1.165, 1.54) is 0 Å². The highest BCUT2D eigenvalue weighted by Crippen LogP contribution is 2.29. The number of para-hydroxylation sites is 1. The van der Waals surface area contributed by atoms with Gasteiger partial charge in [-0.05, 0) is 44.0 Å². The molecule has 2 aromatic carbocycles. The van der Waals surface area contributed by atoms with E-state index < -0.39 is 10.0 Å². The molecule has 0 radical (unpaired) electrons. The van der Waals surface area contributed by atoms with Gasteiger partial charge in [-0.3, -0.25) is 9.10 Å². The Morgan fingerprint density at radius 1 is 1.19 bits per heavy atom. The molecule has 144 valence electrons. The monoisotopic (exact) mass is 388 g/mol. The van der Waals surface area contributed by atoms with Crippen molar-refractivity contribution >= 4 is 27.3 Å². The smallest absolute Gasteiger partial charge is 0.247 e. The van der Waals surface area contributed by atoms with E-state index in [-0.39, 0.29) is 18.6 Å². The molecule has 0 aromatic heterocycles. The van der Waals surface area contributed by atoms with Crippen molar-refractivity contribution in [1.82, 2.24) is 0 Å². The number of hydrogen-bond donors (Lipinski definition) is 0. The van der Waals surface area contributed by atoms with Gasteiger partial charge in [0.1, 0.15) is 12.3 Å². The molecule has 2 aromatic rings. The van der Waals surface area contributed by atoms with Crippen LogP contribution in [0.15, 0.2) is 48.5 Å². The predicted molar refractivity (Wildman–Crippen MR) is 107 cm³/mol. The lowest BCUT2D eigenvalue weighted by molar-refractivity contribution is -0.117.